The summed E-state index contributed by atoms with van der Waals surface area (Å²) in [4.78, 5) is 33.1. The number of nitrogens with zero attached hydrogens (tertiary/aromatic N) is 2. The van der Waals surface area contributed by atoms with E-state index in [1.54, 1.807) is 0 Å². The Balaban J connectivity index is 2.94. The minimum Gasteiger partial charge on any atom is -0.469 e. The summed E-state index contributed by atoms with van der Waals surface area (Å²) in [5.41, 5.74) is -4.02. The first kappa shape index (κ1) is 20.2. The zero-order chi connectivity index (χ0) is 18.4. The summed E-state index contributed by atoms with van der Waals surface area (Å²) in [6.45, 7) is 2.33. The van der Waals surface area contributed by atoms with Crippen LogP contribution in [-0.2, 0) is 19.0 Å². The van der Waals surface area contributed by atoms with Gasteiger partial charge in [-0.1, -0.05) is 0 Å². The largest absolute Gasteiger partial charge is 0.469 e. The van der Waals surface area contributed by atoms with E-state index in [9.17, 15) is 25.0 Å². The van der Waals surface area contributed by atoms with Gasteiger partial charge in [0.25, 0.3) is 5.54 Å². The van der Waals surface area contributed by atoms with Gasteiger partial charge in [0.2, 0.25) is 0 Å². The van der Waals surface area contributed by atoms with E-state index in [4.69, 9.17) is 9.47 Å². The highest BCUT2D eigenvalue weighted by atomic mass is 16.7. The lowest BCUT2D eigenvalue weighted by Gasteiger charge is -2.33. The number of hydrogen-bond acceptors (Lipinski definition) is 8. The lowest BCUT2D eigenvalue weighted by atomic mass is 9.77. The third kappa shape index (κ3) is 4.38. The van der Waals surface area contributed by atoms with Crippen LogP contribution in [0.5, 0.6) is 0 Å². The molecule has 0 aromatic rings. The molecule has 1 saturated heterocycles. The fourth-order valence-electron chi connectivity index (χ4n) is 2.51. The van der Waals surface area contributed by atoms with Crippen LogP contribution in [0.15, 0.2) is 0 Å². The SMILES string of the molecule is COC(=O)CCC(C)([N+](=O)[O-])C(C)(COC1CCCCO1)[N+](=O)[O-]. The number of ether oxygens (including phenoxy) is 3. The van der Waals surface area contributed by atoms with Gasteiger partial charge in [0, 0.05) is 36.7 Å². The first-order valence-corrected chi connectivity index (χ1v) is 7.76. The second-order valence-corrected chi connectivity index (χ2v) is 6.25. The average molecular weight is 348 g/mol. The molecule has 1 fully saturated rings. The predicted molar refractivity (Wildman–Crippen MR) is 81.6 cm³/mol. The summed E-state index contributed by atoms with van der Waals surface area (Å²) >= 11 is 0. The summed E-state index contributed by atoms with van der Waals surface area (Å²) < 4.78 is 15.3. The van der Waals surface area contributed by atoms with Gasteiger partial charge < -0.3 is 14.2 Å². The van der Waals surface area contributed by atoms with Gasteiger partial charge in [-0.3, -0.25) is 25.0 Å². The van der Waals surface area contributed by atoms with Crippen molar-refractivity contribution in [3.05, 3.63) is 20.2 Å². The Labute approximate surface area is 139 Å². The van der Waals surface area contributed by atoms with Gasteiger partial charge in [0.15, 0.2) is 6.29 Å². The van der Waals surface area contributed by atoms with Crippen LogP contribution in [0.2, 0.25) is 0 Å². The quantitative estimate of drug-likeness (QED) is 0.348. The van der Waals surface area contributed by atoms with E-state index in [0.29, 0.717) is 13.0 Å². The highest BCUT2D eigenvalue weighted by Gasteiger charge is 2.65. The van der Waals surface area contributed by atoms with Crippen molar-refractivity contribution in [2.45, 2.75) is 63.3 Å². The highest BCUT2D eigenvalue weighted by Crippen LogP contribution is 2.34. The molecule has 1 heterocycles. The molecule has 3 atom stereocenters. The van der Waals surface area contributed by atoms with Crippen LogP contribution >= 0.6 is 0 Å². The molecule has 24 heavy (non-hydrogen) atoms. The molecular weight excluding hydrogens is 324 g/mol. The van der Waals surface area contributed by atoms with E-state index >= 15 is 0 Å². The molecule has 0 aromatic heterocycles. The smallest absolute Gasteiger partial charge is 0.310 e. The molecule has 0 N–H and O–H groups in total. The van der Waals surface area contributed by atoms with E-state index in [-0.39, 0.29) is 12.8 Å². The highest BCUT2D eigenvalue weighted by molar-refractivity contribution is 5.69. The minimum atomic E-state index is -2.02. The lowest BCUT2D eigenvalue weighted by Crippen LogP contribution is -2.63. The van der Waals surface area contributed by atoms with Crippen LogP contribution in [0.1, 0.15) is 46.0 Å². The maximum absolute atomic E-state index is 11.6. The van der Waals surface area contributed by atoms with Crippen LogP contribution in [0, 0.1) is 20.2 Å². The Hall–Kier alpha value is -1.81. The molecule has 0 spiro atoms. The number of esters is 1. The van der Waals surface area contributed by atoms with Crippen LogP contribution in [0.4, 0.5) is 0 Å². The van der Waals surface area contributed by atoms with Gasteiger partial charge in [-0.2, -0.15) is 0 Å². The Kier molecular flexibility index (Phi) is 7.03. The van der Waals surface area contributed by atoms with Crippen molar-refractivity contribution >= 4 is 5.97 Å². The molecule has 138 valence electrons. The van der Waals surface area contributed by atoms with Crippen molar-refractivity contribution in [1.82, 2.24) is 0 Å². The Bertz CT molecular complexity index is 479. The fourth-order valence-corrected chi connectivity index (χ4v) is 2.51. The second-order valence-electron chi connectivity index (χ2n) is 6.25. The van der Waals surface area contributed by atoms with E-state index in [2.05, 4.69) is 4.74 Å². The topological polar surface area (TPSA) is 131 Å². The fraction of sp³-hybridized carbons (Fsp3) is 0.929. The normalized spacial score (nSPS) is 22.9. The first-order chi connectivity index (χ1) is 11.2. The summed E-state index contributed by atoms with van der Waals surface area (Å²) in [7, 11) is 1.15. The zero-order valence-electron chi connectivity index (χ0n) is 14.2. The molecular formula is C14H24N2O8. The van der Waals surface area contributed by atoms with Crippen molar-refractivity contribution in [2.24, 2.45) is 0 Å². The molecule has 3 unspecified atom stereocenters. The maximum atomic E-state index is 11.6. The number of hydrogen-bond donors (Lipinski definition) is 0. The molecule has 0 radical (unpaired) electrons. The van der Waals surface area contributed by atoms with Gasteiger partial charge in [-0.05, 0) is 19.3 Å². The number of nitro groups is 2. The predicted octanol–water partition coefficient (Wildman–Crippen LogP) is 1.55. The van der Waals surface area contributed by atoms with Crippen molar-refractivity contribution in [2.75, 3.05) is 20.3 Å². The van der Waals surface area contributed by atoms with Gasteiger partial charge in [0.1, 0.15) is 6.61 Å². The molecule has 0 aromatic carbocycles. The number of carbonyl (C=O) groups is 1. The molecule has 1 rings (SSSR count). The maximum Gasteiger partial charge on any atom is 0.310 e. The molecule has 10 heteroatoms. The first-order valence-electron chi connectivity index (χ1n) is 7.76. The van der Waals surface area contributed by atoms with Crippen molar-refractivity contribution < 1.29 is 28.9 Å². The van der Waals surface area contributed by atoms with E-state index < -0.39 is 39.8 Å². The monoisotopic (exact) mass is 348 g/mol. The number of methoxy groups -OCH3 is 1. The Morgan fingerprint density at radius 3 is 2.29 bits per heavy atom. The van der Waals surface area contributed by atoms with Crippen molar-refractivity contribution in [3.8, 4) is 0 Å². The molecule has 1 aliphatic rings. The summed E-state index contributed by atoms with van der Waals surface area (Å²) in [6.07, 6.45) is 1.11. The molecule has 0 saturated carbocycles. The van der Waals surface area contributed by atoms with Crippen molar-refractivity contribution in [3.63, 3.8) is 0 Å². The Morgan fingerprint density at radius 2 is 1.83 bits per heavy atom. The van der Waals surface area contributed by atoms with Gasteiger partial charge in [-0.25, -0.2) is 0 Å². The van der Waals surface area contributed by atoms with Crippen molar-refractivity contribution in [1.29, 1.82) is 0 Å². The Morgan fingerprint density at radius 1 is 1.21 bits per heavy atom. The number of carbonyl (C=O) groups excluding carboxylic acids is 1. The summed E-state index contributed by atoms with van der Waals surface area (Å²) in [6, 6.07) is 0. The zero-order valence-corrected chi connectivity index (χ0v) is 14.2. The minimum absolute atomic E-state index is 0.294. The third-order valence-electron chi connectivity index (χ3n) is 4.70. The van der Waals surface area contributed by atoms with Crippen LogP contribution in [0.25, 0.3) is 0 Å². The van der Waals surface area contributed by atoms with E-state index in [1.807, 2.05) is 0 Å². The molecule has 0 bridgehead atoms. The van der Waals surface area contributed by atoms with Crippen LogP contribution < -0.4 is 0 Å². The summed E-state index contributed by atoms with van der Waals surface area (Å²) in [5.74, 6) is -0.662. The standard InChI is InChI=1S/C14H24N2O8/c1-13(15(18)19,8-7-11(17)22-3)14(2,16(20)21)10-24-12-6-4-5-9-23-12/h12H,4-10H2,1-3H3. The van der Waals surface area contributed by atoms with E-state index in [1.165, 1.54) is 0 Å². The third-order valence-corrected chi connectivity index (χ3v) is 4.70. The van der Waals surface area contributed by atoms with Crippen LogP contribution in [-0.4, -0.2) is 53.5 Å². The molecule has 0 amide bonds. The van der Waals surface area contributed by atoms with E-state index in [0.717, 1.165) is 33.8 Å². The van der Waals surface area contributed by atoms with Gasteiger partial charge in [0.05, 0.1) is 13.5 Å². The molecule has 1 aliphatic heterocycles. The summed E-state index contributed by atoms with van der Waals surface area (Å²) in [5, 5.41) is 23.2. The van der Waals surface area contributed by atoms with Gasteiger partial charge in [-0.15, -0.1) is 0 Å². The lowest BCUT2D eigenvalue weighted by molar-refractivity contribution is -0.684. The van der Waals surface area contributed by atoms with Gasteiger partial charge >= 0.3 is 11.5 Å². The second kappa shape index (κ2) is 8.34. The van der Waals surface area contributed by atoms with Crippen LogP contribution in [0.3, 0.4) is 0 Å². The average Bonchev–Trinajstić information content (AvgIpc) is 2.57. The number of rotatable bonds is 9. The molecule has 0 aliphatic carbocycles. The molecule has 10 nitrogen and oxygen atoms in total.